The molecule has 2 heterocycles. The number of aromatic nitrogens is 2. The molecule has 0 fully saturated rings. The van der Waals surface area contributed by atoms with Gasteiger partial charge in [-0.2, -0.15) is 0 Å². The number of aromatic amines is 2. The smallest absolute Gasteiger partial charge is 0.314 e. The second-order valence-electron chi connectivity index (χ2n) is 7.57. The minimum atomic E-state index is -3.95. The summed E-state index contributed by atoms with van der Waals surface area (Å²) in [5, 5.41) is 0. The molecular weight excluding hydrogens is 418 g/mol. The molecule has 4 rings (SSSR count). The number of rotatable bonds is 4. The highest BCUT2D eigenvalue weighted by atomic mass is 32.2. The number of fused-ring (bicyclic) bond motifs is 1. The SMILES string of the molecule is Cc1ccc(-c2c(C)cc(NS(=O)(=O)c3cc4[nH]c(=O)c(=O)[nH]c4cc3C)cc2C)o1. The van der Waals surface area contributed by atoms with Crippen LogP contribution < -0.4 is 15.8 Å². The number of sulfonamides is 1. The minimum Gasteiger partial charge on any atom is -0.461 e. The lowest BCUT2D eigenvalue weighted by Crippen LogP contribution is -2.29. The Hall–Kier alpha value is -3.59. The molecule has 3 N–H and O–H groups in total. The van der Waals surface area contributed by atoms with Gasteiger partial charge < -0.3 is 14.4 Å². The van der Waals surface area contributed by atoms with Crippen LogP contribution in [0, 0.1) is 27.7 Å². The molecule has 0 saturated carbocycles. The van der Waals surface area contributed by atoms with Crippen molar-refractivity contribution in [2.75, 3.05) is 4.72 Å². The summed E-state index contributed by atoms with van der Waals surface area (Å²) in [4.78, 5) is 28.0. The van der Waals surface area contributed by atoms with Crippen molar-refractivity contribution in [3.05, 3.63) is 79.6 Å². The number of furan rings is 1. The van der Waals surface area contributed by atoms with Crippen molar-refractivity contribution in [2.45, 2.75) is 32.6 Å². The van der Waals surface area contributed by atoms with Gasteiger partial charge >= 0.3 is 11.1 Å². The molecule has 0 aliphatic carbocycles. The number of hydrogen-bond donors (Lipinski definition) is 3. The maximum Gasteiger partial charge on any atom is 0.314 e. The Morgan fingerprint density at radius 2 is 1.39 bits per heavy atom. The molecule has 8 nitrogen and oxygen atoms in total. The standard InChI is InChI=1S/C22H21N3O5S/c1-11-9-16-17(24-22(27)21(26)23-16)10-19(11)31(28,29)25-15-7-12(2)20(13(3)8-15)18-6-5-14(4)30-18/h5-10,25H,1-4H3,(H,23,26)(H,24,27). The number of aryl methyl sites for hydroxylation is 4. The van der Waals surface area contributed by atoms with E-state index in [-0.39, 0.29) is 10.4 Å². The van der Waals surface area contributed by atoms with Gasteiger partial charge in [0.2, 0.25) is 0 Å². The Labute approximate surface area is 178 Å². The molecule has 160 valence electrons. The maximum atomic E-state index is 13.1. The van der Waals surface area contributed by atoms with E-state index >= 15 is 0 Å². The lowest BCUT2D eigenvalue weighted by atomic mass is 10.00. The first-order valence-corrected chi connectivity index (χ1v) is 11.0. The van der Waals surface area contributed by atoms with Gasteiger partial charge in [-0.3, -0.25) is 14.3 Å². The topological polar surface area (TPSA) is 125 Å². The third kappa shape index (κ3) is 3.79. The van der Waals surface area contributed by atoms with Crippen LogP contribution in [0.4, 0.5) is 5.69 Å². The summed E-state index contributed by atoms with van der Waals surface area (Å²) >= 11 is 0. The van der Waals surface area contributed by atoms with Gasteiger partial charge in [0.05, 0.1) is 15.9 Å². The number of H-pyrrole nitrogens is 2. The Morgan fingerprint density at radius 1 is 0.806 bits per heavy atom. The van der Waals surface area contributed by atoms with Crippen molar-refractivity contribution in [2.24, 2.45) is 0 Å². The molecule has 4 aromatic rings. The first-order chi connectivity index (χ1) is 14.5. The zero-order chi connectivity index (χ0) is 22.5. The lowest BCUT2D eigenvalue weighted by molar-refractivity contribution is 0.547. The number of hydrogen-bond acceptors (Lipinski definition) is 5. The van der Waals surface area contributed by atoms with Gasteiger partial charge in [0.15, 0.2) is 0 Å². The summed E-state index contributed by atoms with van der Waals surface area (Å²) in [6, 6.07) is 10.1. The van der Waals surface area contributed by atoms with Gasteiger partial charge in [-0.15, -0.1) is 0 Å². The largest absolute Gasteiger partial charge is 0.461 e. The fourth-order valence-electron chi connectivity index (χ4n) is 3.73. The predicted octanol–water partition coefficient (Wildman–Crippen LogP) is 3.51. The molecule has 9 heteroatoms. The molecule has 2 aromatic carbocycles. The molecule has 0 amide bonds. The minimum absolute atomic E-state index is 0.00346. The Balaban J connectivity index is 1.75. The van der Waals surface area contributed by atoms with E-state index < -0.39 is 21.1 Å². The lowest BCUT2D eigenvalue weighted by Gasteiger charge is -2.14. The van der Waals surface area contributed by atoms with Crippen molar-refractivity contribution >= 4 is 26.7 Å². The van der Waals surface area contributed by atoms with Gasteiger partial charge in [-0.05, 0) is 80.8 Å². The fraction of sp³-hybridized carbons (Fsp3) is 0.182. The zero-order valence-corrected chi connectivity index (χ0v) is 18.2. The van der Waals surface area contributed by atoms with E-state index in [1.54, 1.807) is 19.1 Å². The fourth-order valence-corrected chi connectivity index (χ4v) is 5.03. The Bertz CT molecular complexity index is 1540. The third-order valence-corrected chi connectivity index (χ3v) is 6.60. The summed E-state index contributed by atoms with van der Waals surface area (Å²) in [5.41, 5.74) is 2.43. The van der Waals surface area contributed by atoms with Crippen LogP contribution in [0.5, 0.6) is 0 Å². The summed E-state index contributed by atoms with van der Waals surface area (Å²) in [5.74, 6) is 1.52. The van der Waals surface area contributed by atoms with Crippen molar-refractivity contribution in [3.63, 3.8) is 0 Å². The third-order valence-electron chi connectivity index (χ3n) is 5.08. The van der Waals surface area contributed by atoms with Gasteiger partial charge in [0.1, 0.15) is 11.5 Å². The maximum absolute atomic E-state index is 13.1. The molecule has 0 radical (unpaired) electrons. The van der Waals surface area contributed by atoms with Crippen LogP contribution in [0.25, 0.3) is 22.4 Å². The Kier molecular flexibility index (Phi) is 4.85. The molecule has 0 saturated heterocycles. The highest BCUT2D eigenvalue weighted by molar-refractivity contribution is 7.92. The average molecular weight is 439 g/mol. The van der Waals surface area contributed by atoms with E-state index in [1.807, 2.05) is 32.9 Å². The highest BCUT2D eigenvalue weighted by Crippen LogP contribution is 2.32. The number of anilines is 1. The quantitative estimate of drug-likeness (QED) is 0.420. The highest BCUT2D eigenvalue weighted by Gasteiger charge is 2.20. The monoisotopic (exact) mass is 439 g/mol. The van der Waals surface area contributed by atoms with Crippen LogP contribution in [-0.2, 0) is 10.0 Å². The van der Waals surface area contributed by atoms with Gasteiger partial charge in [0, 0.05) is 11.3 Å². The van der Waals surface area contributed by atoms with Crippen LogP contribution in [-0.4, -0.2) is 18.4 Å². The molecule has 0 aliphatic rings. The summed E-state index contributed by atoms with van der Waals surface area (Å²) in [7, 11) is -3.95. The summed E-state index contributed by atoms with van der Waals surface area (Å²) in [6.45, 7) is 7.27. The number of benzene rings is 2. The normalized spacial score (nSPS) is 11.7. The van der Waals surface area contributed by atoms with Gasteiger partial charge in [0.25, 0.3) is 10.0 Å². The van der Waals surface area contributed by atoms with Crippen molar-refractivity contribution in [1.82, 2.24) is 9.97 Å². The van der Waals surface area contributed by atoms with Crippen LogP contribution in [0.3, 0.4) is 0 Å². The molecule has 31 heavy (non-hydrogen) atoms. The van der Waals surface area contributed by atoms with Gasteiger partial charge in [-0.25, -0.2) is 8.42 Å². The molecular formula is C22H21N3O5S. The Morgan fingerprint density at radius 3 is 1.94 bits per heavy atom. The summed E-state index contributed by atoms with van der Waals surface area (Å²) in [6.07, 6.45) is 0. The van der Waals surface area contributed by atoms with Crippen molar-refractivity contribution < 1.29 is 12.8 Å². The van der Waals surface area contributed by atoms with E-state index in [1.165, 1.54) is 12.1 Å². The second-order valence-corrected chi connectivity index (χ2v) is 9.22. The molecule has 0 atom stereocenters. The van der Waals surface area contributed by atoms with Crippen molar-refractivity contribution in [1.29, 1.82) is 0 Å². The van der Waals surface area contributed by atoms with Crippen molar-refractivity contribution in [3.8, 4) is 11.3 Å². The van der Waals surface area contributed by atoms with Crippen LogP contribution in [0.2, 0.25) is 0 Å². The van der Waals surface area contributed by atoms with E-state index in [4.69, 9.17) is 4.42 Å². The van der Waals surface area contributed by atoms with Crippen LogP contribution in [0.15, 0.2) is 55.3 Å². The molecule has 0 bridgehead atoms. The van der Waals surface area contributed by atoms with E-state index in [2.05, 4.69) is 14.7 Å². The van der Waals surface area contributed by atoms with E-state index in [0.29, 0.717) is 16.8 Å². The predicted molar refractivity (Wildman–Crippen MR) is 119 cm³/mol. The molecule has 0 aliphatic heterocycles. The molecule has 0 spiro atoms. The van der Waals surface area contributed by atoms with E-state index in [9.17, 15) is 18.0 Å². The average Bonchev–Trinajstić information content (AvgIpc) is 3.07. The van der Waals surface area contributed by atoms with Gasteiger partial charge in [-0.1, -0.05) is 0 Å². The van der Waals surface area contributed by atoms with Crippen LogP contribution in [0.1, 0.15) is 22.5 Å². The van der Waals surface area contributed by atoms with Crippen LogP contribution >= 0.6 is 0 Å². The molecule has 2 aromatic heterocycles. The summed E-state index contributed by atoms with van der Waals surface area (Å²) < 4.78 is 34.5. The zero-order valence-electron chi connectivity index (χ0n) is 17.4. The molecule has 0 unspecified atom stereocenters. The second kappa shape index (κ2) is 7.28. The number of nitrogens with one attached hydrogen (secondary N) is 3. The van der Waals surface area contributed by atoms with E-state index in [0.717, 1.165) is 28.2 Å². The first-order valence-electron chi connectivity index (χ1n) is 9.53. The first kappa shape index (κ1) is 20.7.